The summed E-state index contributed by atoms with van der Waals surface area (Å²) in [7, 11) is 0. The summed E-state index contributed by atoms with van der Waals surface area (Å²) in [6.45, 7) is 7.68. The zero-order valence-corrected chi connectivity index (χ0v) is 17.5. The van der Waals surface area contributed by atoms with Crippen LogP contribution in [-0.2, 0) is 4.79 Å². The predicted molar refractivity (Wildman–Crippen MR) is 110 cm³/mol. The maximum absolute atomic E-state index is 11.8. The average molecular weight is 429 g/mol. The van der Waals surface area contributed by atoms with Gasteiger partial charge in [0.1, 0.15) is 11.5 Å². The third-order valence-electron chi connectivity index (χ3n) is 3.27. The van der Waals surface area contributed by atoms with Crippen LogP contribution in [0.3, 0.4) is 0 Å². The molecular weight excluding hydrogens is 407 g/mol. The summed E-state index contributed by atoms with van der Waals surface area (Å²) in [4.78, 5) is 22.4. The Morgan fingerprint density at radius 3 is 2.43 bits per heavy atom. The number of hydrogen-bond donors (Lipinski definition) is 1. The summed E-state index contributed by atoms with van der Waals surface area (Å²) < 4.78 is 11.1. The molecule has 1 amide bonds. The lowest BCUT2D eigenvalue weighted by molar-refractivity contribution is -0.386. The normalized spacial score (nSPS) is 10.9. The molecule has 0 fully saturated rings. The first-order valence-electron chi connectivity index (χ1n) is 8.67. The molecule has 1 N–H and O–H groups in total. The van der Waals surface area contributed by atoms with E-state index in [0.29, 0.717) is 17.3 Å². The maximum Gasteiger partial charge on any atom is 0.311 e. The Balaban J connectivity index is 0.00000190. The highest BCUT2D eigenvalue weighted by atomic mass is 35.5. The van der Waals surface area contributed by atoms with Crippen LogP contribution in [0, 0.1) is 10.1 Å². The highest BCUT2D eigenvalue weighted by molar-refractivity contribution is 6.35. The number of rotatable bonds is 7. The van der Waals surface area contributed by atoms with Gasteiger partial charge in [0.05, 0.1) is 9.95 Å². The zero-order valence-electron chi connectivity index (χ0n) is 16.0. The van der Waals surface area contributed by atoms with E-state index in [2.05, 4.69) is 5.32 Å². The Morgan fingerprint density at radius 1 is 1.18 bits per heavy atom. The Labute approximate surface area is 173 Å². The molecule has 1 unspecified atom stereocenters. The summed E-state index contributed by atoms with van der Waals surface area (Å²) in [6, 6.07) is 8.66. The molecule has 7 nitrogen and oxygen atoms in total. The third kappa shape index (κ3) is 6.58. The van der Waals surface area contributed by atoms with Crippen molar-refractivity contribution in [3.8, 4) is 17.2 Å². The van der Waals surface area contributed by atoms with Crippen molar-refractivity contribution < 1.29 is 19.2 Å². The molecule has 0 saturated carbocycles. The zero-order chi connectivity index (χ0) is 21.3. The van der Waals surface area contributed by atoms with Crippen molar-refractivity contribution in [1.29, 1.82) is 0 Å². The van der Waals surface area contributed by atoms with Crippen LogP contribution < -0.4 is 14.8 Å². The fourth-order valence-corrected chi connectivity index (χ4v) is 2.50. The smallest absolute Gasteiger partial charge is 0.311 e. The number of nitrogens with one attached hydrogen (secondary N) is 1. The highest BCUT2D eigenvalue weighted by Crippen LogP contribution is 2.36. The van der Waals surface area contributed by atoms with Gasteiger partial charge in [-0.05, 0) is 38.1 Å². The standard InChI is InChI=1S/C17H16Cl2N2O5.C2H6/c1-3-20-17(22)10(2)25-16-9-12(5-6-14(16)21(23)24)26-15-7-4-11(18)8-13(15)19;1-2/h4-10H,3H2,1-2H3,(H,20,22);1-2H3. The van der Waals surface area contributed by atoms with E-state index in [9.17, 15) is 14.9 Å². The minimum atomic E-state index is -0.914. The van der Waals surface area contributed by atoms with Crippen LogP contribution in [0.15, 0.2) is 36.4 Å². The number of carbonyl (C=O) groups excluding carboxylic acids is 1. The Morgan fingerprint density at radius 2 is 1.86 bits per heavy atom. The number of ether oxygens (including phenoxy) is 2. The first-order valence-corrected chi connectivity index (χ1v) is 9.43. The van der Waals surface area contributed by atoms with Gasteiger partial charge in [0.25, 0.3) is 5.91 Å². The number of nitrogens with zero attached hydrogens (tertiary/aromatic N) is 1. The van der Waals surface area contributed by atoms with Gasteiger partial charge < -0.3 is 14.8 Å². The summed E-state index contributed by atoms with van der Waals surface area (Å²) in [6.07, 6.45) is -0.914. The summed E-state index contributed by atoms with van der Waals surface area (Å²) in [5.74, 6) is 0.121. The first-order chi connectivity index (χ1) is 13.3. The number of halogens is 2. The van der Waals surface area contributed by atoms with Gasteiger partial charge in [-0.3, -0.25) is 14.9 Å². The molecule has 2 aromatic carbocycles. The van der Waals surface area contributed by atoms with Crippen molar-refractivity contribution in [3.63, 3.8) is 0 Å². The number of hydrogen-bond acceptors (Lipinski definition) is 5. The molecule has 0 bridgehead atoms. The molecule has 0 aromatic heterocycles. The molecular formula is C19H22Cl2N2O5. The topological polar surface area (TPSA) is 90.7 Å². The van der Waals surface area contributed by atoms with E-state index in [-0.39, 0.29) is 28.1 Å². The molecule has 0 aliphatic rings. The average Bonchev–Trinajstić information content (AvgIpc) is 2.66. The molecule has 0 aliphatic heterocycles. The van der Waals surface area contributed by atoms with Gasteiger partial charge in [0.2, 0.25) is 5.75 Å². The van der Waals surface area contributed by atoms with E-state index in [4.69, 9.17) is 32.7 Å². The van der Waals surface area contributed by atoms with Crippen LogP contribution in [0.5, 0.6) is 17.2 Å². The van der Waals surface area contributed by atoms with Crippen molar-refractivity contribution >= 4 is 34.8 Å². The number of nitro benzene ring substituents is 1. The molecule has 152 valence electrons. The molecule has 0 radical (unpaired) electrons. The van der Waals surface area contributed by atoms with E-state index >= 15 is 0 Å². The van der Waals surface area contributed by atoms with Gasteiger partial charge in [0, 0.05) is 23.7 Å². The van der Waals surface area contributed by atoms with Gasteiger partial charge in [-0.2, -0.15) is 0 Å². The minimum Gasteiger partial charge on any atom is -0.474 e. The number of nitro groups is 1. The number of amides is 1. The number of benzene rings is 2. The number of likely N-dealkylation sites (N-methyl/N-ethyl adjacent to an activating group) is 1. The fraction of sp³-hybridized carbons (Fsp3) is 0.316. The van der Waals surface area contributed by atoms with Crippen LogP contribution in [0.25, 0.3) is 0 Å². The van der Waals surface area contributed by atoms with Crippen LogP contribution in [-0.4, -0.2) is 23.5 Å². The third-order valence-corrected chi connectivity index (χ3v) is 3.80. The maximum atomic E-state index is 11.8. The van der Waals surface area contributed by atoms with Crippen LogP contribution in [0.4, 0.5) is 5.69 Å². The molecule has 9 heteroatoms. The van der Waals surface area contributed by atoms with Crippen molar-refractivity contribution in [2.75, 3.05) is 6.54 Å². The number of carbonyl (C=O) groups is 1. The Hall–Kier alpha value is -2.51. The van der Waals surface area contributed by atoms with Crippen molar-refractivity contribution in [1.82, 2.24) is 5.32 Å². The summed E-state index contributed by atoms with van der Waals surface area (Å²) in [5, 5.41) is 14.5. The van der Waals surface area contributed by atoms with E-state index < -0.39 is 11.0 Å². The second-order valence-electron chi connectivity index (χ2n) is 5.22. The second-order valence-corrected chi connectivity index (χ2v) is 6.06. The minimum absolute atomic E-state index is 0.0867. The highest BCUT2D eigenvalue weighted by Gasteiger charge is 2.22. The molecule has 0 spiro atoms. The van der Waals surface area contributed by atoms with E-state index in [1.165, 1.54) is 31.2 Å². The van der Waals surface area contributed by atoms with E-state index in [1.807, 2.05) is 13.8 Å². The summed E-state index contributed by atoms with van der Waals surface area (Å²) >= 11 is 11.9. The molecule has 1 atom stereocenters. The predicted octanol–water partition coefficient (Wildman–Crippen LogP) is 5.62. The van der Waals surface area contributed by atoms with E-state index in [0.717, 1.165) is 0 Å². The lowest BCUT2D eigenvalue weighted by Crippen LogP contribution is -2.36. The van der Waals surface area contributed by atoms with Crippen molar-refractivity contribution in [3.05, 3.63) is 56.6 Å². The van der Waals surface area contributed by atoms with Gasteiger partial charge in [-0.15, -0.1) is 0 Å². The van der Waals surface area contributed by atoms with Crippen molar-refractivity contribution in [2.45, 2.75) is 33.8 Å². The first kappa shape index (κ1) is 23.5. The van der Waals surface area contributed by atoms with Crippen LogP contribution >= 0.6 is 23.2 Å². The van der Waals surface area contributed by atoms with Gasteiger partial charge in [-0.1, -0.05) is 37.0 Å². The molecule has 2 rings (SSSR count). The van der Waals surface area contributed by atoms with Crippen LogP contribution in [0.1, 0.15) is 27.7 Å². The molecule has 0 aliphatic carbocycles. The molecule has 28 heavy (non-hydrogen) atoms. The van der Waals surface area contributed by atoms with Gasteiger partial charge >= 0.3 is 5.69 Å². The monoisotopic (exact) mass is 428 g/mol. The molecule has 0 heterocycles. The fourth-order valence-electron chi connectivity index (χ4n) is 2.05. The summed E-state index contributed by atoms with van der Waals surface area (Å²) in [5.41, 5.74) is -0.282. The van der Waals surface area contributed by atoms with Crippen molar-refractivity contribution in [2.24, 2.45) is 0 Å². The molecule has 0 saturated heterocycles. The Kier molecular flexibility index (Phi) is 9.55. The Bertz CT molecular complexity index is 830. The largest absolute Gasteiger partial charge is 0.474 e. The lowest BCUT2D eigenvalue weighted by Gasteiger charge is -2.15. The SMILES string of the molecule is CC.CCNC(=O)C(C)Oc1cc(Oc2ccc(Cl)cc2Cl)ccc1[N+](=O)[O-]. The van der Waals surface area contributed by atoms with Gasteiger partial charge in [0.15, 0.2) is 6.10 Å². The quantitative estimate of drug-likeness (QED) is 0.456. The lowest BCUT2D eigenvalue weighted by atomic mass is 10.2. The second kappa shape index (κ2) is 11.4. The van der Waals surface area contributed by atoms with E-state index in [1.54, 1.807) is 19.1 Å². The van der Waals surface area contributed by atoms with Gasteiger partial charge in [-0.25, -0.2) is 0 Å². The molecule has 2 aromatic rings. The van der Waals surface area contributed by atoms with Crippen LogP contribution in [0.2, 0.25) is 10.0 Å².